The number of carbonyl (C=O) groups is 3. The van der Waals surface area contributed by atoms with Gasteiger partial charge in [-0.1, -0.05) is 6.07 Å². The van der Waals surface area contributed by atoms with Gasteiger partial charge >= 0.3 is 5.97 Å². The number of ether oxygens (including phenoxy) is 1. The zero-order valence-corrected chi connectivity index (χ0v) is 13.4. The number of carbonyl (C=O) groups excluding carboxylic acids is 3. The molecule has 0 spiro atoms. The van der Waals surface area contributed by atoms with E-state index in [1.54, 1.807) is 9.80 Å². The maximum Gasteiger partial charge on any atom is 0.306 e. The van der Waals surface area contributed by atoms with Gasteiger partial charge in [0, 0.05) is 32.6 Å². The average molecular weight is 324 g/mol. The summed E-state index contributed by atoms with van der Waals surface area (Å²) in [7, 11) is 1.31. The van der Waals surface area contributed by atoms with E-state index in [0.29, 0.717) is 26.2 Å². The normalized spacial score (nSPS) is 15.3. The van der Waals surface area contributed by atoms with Crippen molar-refractivity contribution in [2.45, 2.75) is 19.3 Å². The van der Waals surface area contributed by atoms with Crippen molar-refractivity contribution < 1.29 is 19.1 Å². The van der Waals surface area contributed by atoms with Crippen LogP contribution in [0.2, 0.25) is 0 Å². The van der Waals surface area contributed by atoms with Crippen molar-refractivity contribution in [2.24, 2.45) is 0 Å². The van der Waals surface area contributed by atoms with Gasteiger partial charge in [-0.05, 0) is 17.9 Å². The Labute approximate surface area is 133 Å². The standard InChI is InChI=1S/C15H20N2O4S/c1-21-14(19)6-5-13(18)16-7-3-8-17(10-9-16)15(20)12-4-2-11-22-12/h2,4,11H,3,5-10H2,1H3. The maximum absolute atomic E-state index is 12.3. The lowest BCUT2D eigenvalue weighted by molar-refractivity contribution is -0.143. The minimum Gasteiger partial charge on any atom is -0.469 e. The Hall–Kier alpha value is -1.89. The monoisotopic (exact) mass is 324 g/mol. The average Bonchev–Trinajstić information content (AvgIpc) is 2.96. The summed E-state index contributed by atoms with van der Waals surface area (Å²) < 4.78 is 4.54. The van der Waals surface area contributed by atoms with Crippen molar-refractivity contribution in [1.82, 2.24) is 9.80 Å². The van der Waals surface area contributed by atoms with Crippen LogP contribution in [0.1, 0.15) is 28.9 Å². The molecule has 0 N–H and O–H groups in total. The first-order valence-electron chi connectivity index (χ1n) is 7.29. The number of rotatable bonds is 4. The fourth-order valence-electron chi connectivity index (χ4n) is 2.40. The number of hydrogen-bond donors (Lipinski definition) is 0. The van der Waals surface area contributed by atoms with Crippen LogP contribution in [-0.2, 0) is 14.3 Å². The lowest BCUT2D eigenvalue weighted by atomic mass is 10.2. The Morgan fingerprint density at radius 1 is 1.14 bits per heavy atom. The van der Waals surface area contributed by atoms with Crippen LogP contribution in [-0.4, -0.2) is 60.9 Å². The highest BCUT2D eigenvalue weighted by atomic mass is 32.1. The van der Waals surface area contributed by atoms with Crippen LogP contribution >= 0.6 is 11.3 Å². The highest BCUT2D eigenvalue weighted by Gasteiger charge is 2.23. The highest BCUT2D eigenvalue weighted by molar-refractivity contribution is 7.12. The summed E-state index contributed by atoms with van der Waals surface area (Å²) in [6.07, 6.45) is 1.01. The molecule has 0 radical (unpaired) electrons. The molecule has 1 fully saturated rings. The molecule has 0 atom stereocenters. The zero-order valence-electron chi connectivity index (χ0n) is 12.6. The summed E-state index contributed by atoms with van der Waals surface area (Å²) in [5.74, 6) is -0.410. The highest BCUT2D eigenvalue weighted by Crippen LogP contribution is 2.14. The number of hydrogen-bond acceptors (Lipinski definition) is 5. The fraction of sp³-hybridized carbons (Fsp3) is 0.533. The number of methoxy groups -OCH3 is 1. The van der Waals surface area contributed by atoms with Crippen molar-refractivity contribution in [3.8, 4) is 0 Å². The van der Waals surface area contributed by atoms with Crippen LogP contribution in [0, 0.1) is 0 Å². The topological polar surface area (TPSA) is 66.9 Å². The second-order valence-corrected chi connectivity index (χ2v) is 6.03. The Morgan fingerprint density at radius 2 is 1.86 bits per heavy atom. The minimum absolute atomic E-state index is 0.0267. The largest absolute Gasteiger partial charge is 0.469 e. The summed E-state index contributed by atoms with van der Waals surface area (Å²) in [5.41, 5.74) is 0. The van der Waals surface area contributed by atoms with Gasteiger partial charge in [-0.3, -0.25) is 14.4 Å². The SMILES string of the molecule is COC(=O)CCC(=O)N1CCCN(C(=O)c2cccs2)CC1. The predicted octanol–water partition coefficient (Wildman–Crippen LogP) is 1.38. The van der Waals surface area contributed by atoms with Crippen LogP contribution in [0.5, 0.6) is 0 Å². The molecule has 6 nitrogen and oxygen atoms in total. The molecule has 0 aliphatic carbocycles. The summed E-state index contributed by atoms with van der Waals surface area (Å²) in [5, 5.41) is 1.88. The van der Waals surface area contributed by atoms with Gasteiger partial charge in [0.05, 0.1) is 18.4 Å². The summed E-state index contributed by atoms with van der Waals surface area (Å²) in [4.78, 5) is 39.7. The molecule has 1 aliphatic heterocycles. The second kappa shape index (κ2) is 7.93. The molecule has 2 amide bonds. The molecular weight excluding hydrogens is 304 g/mol. The lowest BCUT2D eigenvalue weighted by Crippen LogP contribution is -2.37. The number of amides is 2. The summed E-state index contributed by atoms with van der Waals surface area (Å²) in [6, 6.07) is 3.68. The van der Waals surface area contributed by atoms with E-state index >= 15 is 0 Å². The summed E-state index contributed by atoms with van der Waals surface area (Å²) >= 11 is 1.43. The van der Waals surface area contributed by atoms with E-state index in [1.807, 2.05) is 17.5 Å². The third-order valence-electron chi connectivity index (χ3n) is 3.64. The van der Waals surface area contributed by atoms with E-state index in [2.05, 4.69) is 4.74 Å². The van der Waals surface area contributed by atoms with Gasteiger partial charge in [-0.25, -0.2) is 0 Å². The molecule has 0 saturated carbocycles. The van der Waals surface area contributed by atoms with Gasteiger partial charge in [-0.15, -0.1) is 11.3 Å². The summed E-state index contributed by atoms with van der Waals surface area (Å²) in [6.45, 7) is 2.31. The smallest absolute Gasteiger partial charge is 0.306 e. The van der Waals surface area contributed by atoms with Crippen molar-refractivity contribution in [2.75, 3.05) is 33.3 Å². The van der Waals surface area contributed by atoms with E-state index in [1.165, 1.54) is 18.4 Å². The Balaban J connectivity index is 1.85. The third kappa shape index (κ3) is 4.30. The van der Waals surface area contributed by atoms with E-state index in [-0.39, 0.29) is 30.6 Å². The van der Waals surface area contributed by atoms with Gasteiger partial charge in [0.25, 0.3) is 5.91 Å². The molecule has 7 heteroatoms. The van der Waals surface area contributed by atoms with Gasteiger partial charge in [0.1, 0.15) is 0 Å². The maximum atomic E-state index is 12.3. The molecule has 22 heavy (non-hydrogen) atoms. The molecule has 0 unspecified atom stereocenters. The quantitative estimate of drug-likeness (QED) is 0.785. The first-order valence-corrected chi connectivity index (χ1v) is 8.17. The lowest BCUT2D eigenvalue weighted by Gasteiger charge is -2.21. The molecule has 1 aromatic rings. The number of thiophene rings is 1. The number of nitrogens with zero attached hydrogens (tertiary/aromatic N) is 2. The van der Waals surface area contributed by atoms with Crippen LogP contribution in [0.15, 0.2) is 17.5 Å². The first-order chi connectivity index (χ1) is 10.6. The van der Waals surface area contributed by atoms with E-state index in [0.717, 1.165) is 11.3 Å². The predicted molar refractivity (Wildman–Crippen MR) is 82.7 cm³/mol. The van der Waals surface area contributed by atoms with Gasteiger partial charge in [-0.2, -0.15) is 0 Å². The van der Waals surface area contributed by atoms with Crippen LogP contribution in [0.25, 0.3) is 0 Å². The molecular formula is C15H20N2O4S. The number of esters is 1. The van der Waals surface area contributed by atoms with Gasteiger partial charge in [0.2, 0.25) is 5.91 Å². The van der Waals surface area contributed by atoms with Crippen molar-refractivity contribution >= 4 is 29.1 Å². The third-order valence-corrected chi connectivity index (χ3v) is 4.50. The van der Waals surface area contributed by atoms with Crippen molar-refractivity contribution in [3.05, 3.63) is 22.4 Å². The minimum atomic E-state index is -0.377. The van der Waals surface area contributed by atoms with Crippen molar-refractivity contribution in [1.29, 1.82) is 0 Å². The van der Waals surface area contributed by atoms with Crippen LogP contribution < -0.4 is 0 Å². The first kappa shape index (κ1) is 16.5. The zero-order chi connectivity index (χ0) is 15.9. The van der Waals surface area contributed by atoms with Gasteiger partial charge in [0.15, 0.2) is 0 Å². The molecule has 1 saturated heterocycles. The molecule has 1 aromatic heterocycles. The van der Waals surface area contributed by atoms with Gasteiger partial charge < -0.3 is 14.5 Å². The van der Waals surface area contributed by atoms with Crippen LogP contribution in [0.4, 0.5) is 0 Å². The molecule has 2 heterocycles. The molecule has 120 valence electrons. The van der Waals surface area contributed by atoms with E-state index in [9.17, 15) is 14.4 Å². The Bertz CT molecular complexity index is 530. The molecule has 1 aliphatic rings. The van der Waals surface area contributed by atoms with Crippen molar-refractivity contribution in [3.63, 3.8) is 0 Å². The molecule has 2 rings (SSSR count). The van der Waals surface area contributed by atoms with Crippen LogP contribution in [0.3, 0.4) is 0 Å². The molecule has 0 aromatic carbocycles. The van der Waals surface area contributed by atoms with E-state index in [4.69, 9.17) is 0 Å². The Morgan fingerprint density at radius 3 is 2.55 bits per heavy atom. The fourth-order valence-corrected chi connectivity index (χ4v) is 3.09. The molecule has 0 bridgehead atoms. The second-order valence-electron chi connectivity index (χ2n) is 5.08. The Kier molecular flexibility index (Phi) is 5.94. The van der Waals surface area contributed by atoms with E-state index < -0.39 is 0 Å².